The zero-order valence-electron chi connectivity index (χ0n) is 19.2. The quantitative estimate of drug-likeness (QED) is 0.600. The second-order valence-electron chi connectivity index (χ2n) is 8.98. The third kappa shape index (κ3) is 5.02. The Balaban J connectivity index is 1.49. The molecule has 0 aromatic carbocycles. The molecule has 0 aromatic heterocycles. The van der Waals surface area contributed by atoms with Gasteiger partial charge >= 0.3 is 6.03 Å². The number of amides is 5. The highest BCUT2D eigenvalue weighted by Crippen LogP contribution is 2.37. The first-order valence-corrected chi connectivity index (χ1v) is 11.8. The maximum absolute atomic E-state index is 13.0. The Hall–Kier alpha value is -2.16. The standard InChI is InChI=1S/C22H37N5O4/c1-4-17-7-9-22(10-8-17)20(30)27(21(31)23-22)16-19(29)26-13-11-24(12-14-26)15-18(28)25(5-2)6-3/h17H,4-16H2,1-3H3,(H,23,31). The summed E-state index contributed by atoms with van der Waals surface area (Å²) >= 11 is 0. The van der Waals surface area contributed by atoms with Crippen molar-refractivity contribution in [3.05, 3.63) is 0 Å². The van der Waals surface area contributed by atoms with E-state index in [4.69, 9.17) is 0 Å². The number of imide groups is 1. The van der Waals surface area contributed by atoms with Gasteiger partial charge < -0.3 is 15.1 Å². The van der Waals surface area contributed by atoms with Gasteiger partial charge in [0.05, 0.1) is 6.54 Å². The van der Waals surface area contributed by atoms with Gasteiger partial charge in [-0.1, -0.05) is 13.3 Å². The van der Waals surface area contributed by atoms with Crippen molar-refractivity contribution in [1.29, 1.82) is 0 Å². The molecular weight excluding hydrogens is 398 g/mol. The van der Waals surface area contributed by atoms with E-state index < -0.39 is 11.6 Å². The zero-order valence-corrected chi connectivity index (χ0v) is 19.2. The second kappa shape index (κ2) is 9.97. The van der Waals surface area contributed by atoms with Crippen LogP contribution in [-0.4, -0.2) is 101 Å². The molecule has 9 heteroatoms. The van der Waals surface area contributed by atoms with Crippen molar-refractivity contribution in [1.82, 2.24) is 24.9 Å². The van der Waals surface area contributed by atoms with Gasteiger partial charge in [0.2, 0.25) is 11.8 Å². The fraction of sp³-hybridized carbons (Fsp3) is 0.818. The summed E-state index contributed by atoms with van der Waals surface area (Å²) < 4.78 is 0. The SMILES string of the molecule is CCC1CCC2(CC1)NC(=O)N(CC(=O)N1CCN(CC(=O)N(CC)CC)CC1)C2=O. The summed E-state index contributed by atoms with van der Waals surface area (Å²) in [5.74, 6) is 0.254. The van der Waals surface area contributed by atoms with E-state index in [1.54, 1.807) is 9.80 Å². The Morgan fingerprint density at radius 3 is 2.16 bits per heavy atom. The maximum atomic E-state index is 13.0. The molecule has 3 rings (SSSR count). The van der Waals surface area contributed by atoms with Gasteiger partial charge in [0.15, 0.2) is 0 Å². The highest BCUT2D eigenvalue weighted by molar-refractivity contribution is 6.09. The van der Waals surface area contributed by atoms with Crippen molar-refractivity contribution in [3.8, 4) is 0 Å². The first-order chi connectivity index (χ1) is 14.8. The summed E-state index contributed by atoms with van der Waals surface area (Å²) in [7, 11) is 0. The summed E-state index contributed by atoms with van der Waals surface area (Å²) in [6, 6.07) is -0.447. The first kappa shape index (κ1) is 23.5. The Morgan fingerprint density at radius 2 is 1.61 bits per heavy atom. The summed E-state index contributed by atoms with van der Waals surface area (Å²) in [6.45, 7) is 9.85. The number of nitrogens with one attached hydrogen (secondary N) is 1. The predicted octanol–water partition coefficient (Wildman–Crippen LogP) is 0.890. The van der Waals surface area contributed by atoms with E-state index >= 15 is 0 Å². The third-order valence-corrected chi connectivity index (χ3v) is 7.28. The van der Waals surface area contributed by atoms with Crippen LogP contribution in [0.3, 0.4) is 0 Å². The minimum Gasteiger partial charge on any atom is -0.342 e. The number of hydrogen-bond donors (Lipinski definition) is 1. The fourth-order valence-electron chi connectivity index (χ4n) is 5.00. The number of carbonyl (C=O) groups excluding carboxylic acids is 4. The molecule has 0 radical (unpaired) electrons. The molecule has 1 N–H and O–H groups in total. The van der Waals surface area contributed by atoms with Crippen molar-refractivity contribution in [2.75, 3.05) is 52.4 Å². The van der Waals surface area contributed by atoms with Crippen LogP contribution in [0.25, 0.3) is 0 Å². The van der Waals surface area contributed by atoms with Crippen molar-refractivity contribution < 1.29 is 19.2 Å². The van der Waals surface area contributed by atoms with Gasteiger partial charge in [0.1, 0.15) is 12.1 Å². The van der Waals surface area contributed by atoms with Gasteiger partial charge in [-0.25, -0.2) is 4.79 Å². The lowest BCUT2D eigenvalue weighted by Gasteiger charge is -2.36. The number of rotatable bonds is 7. The van der Waals surface area contributed by atoms with E-state index in [2.05, 4.69) is 17.1 Å². The van der Waals surface area contributed by atoms with Gasteiger partial charge in [-0.05, 0) is 45.4 Å². The van der Waals surface area contributed by atoms with E-state index in [-0.39, 0.29) is 24.3 Å². The smallest absolute Gasteiger partial charge is 0.325 e. The number of urea groups is 1. The van der Waals surface area contributed by atoms with Crippen LogP contribution in [-0.2, 0) is 14.4 Å². The lowest BCUT2D eigenvalue weighted by atomic mass is 9.75. The number of piperazine rings is 1. The first-order valence-electron chi connectivity index (χ1n) is 11.8. The van der Waals surface area contributed by atoms with Crippen LogP contribution in [0.15, 0.2) is 0 Å². The summed E-state index contributed by atoms with van der Waals surface area (Å²) in [5, 5.41) is 2.89. The molecule has 1 saturated carbocycles. The van der Waals surface area contributed by atoms with E-state index in [1.165, 1.54) is 0 Å². The predicted molar refractivity (Wildman–Crippen MR) is 116 cm³/mol. The molecular formula is C22H37N5O4. The van der Waals surface area contributed by atoms with Crippen LogP contribution in [0.5, 0.6) is 0 Å². The lowest BCUT2D eigenvalue weighted by molar-refractivity contribution is -0.141. The molecule has 5 amide bonds. The minimum absolute atomic E-state index is 0.104. The molecule has 3 aliphatic rings. The molecule has 1 aliphatic carbocycles. The Kier molecular flexibility index (Phi) is 7.56. The van der Waals surface area contributed by atoms with Crippen molar-refractivity contribution in [2.24, 2.45) is 5.92 Å². The summed E-state index contributed by atoms with van der Waals surface area (Å²) in [4.78, 5) is 57.3. The fourth-order valence-corrected chi connectivity index (χ4v) is 5.00. The molecule has 0 atom stereocenters. The molecule has 9 nitrogen and oxygen atoms in total. The van der Waals surface area contributed by atoms with Crippen molar-refractivity contribution in [3.63, 3.8) is 0 Å². The van der Waals surface area contributed by atoms with Gasteiger partial charge in [-0.3, -0.25) is 24.2 Å². The van der Waals surface area contributed by atoms with E-state index in [1.807, 2.05) is 13.8 Å². The molecule has 2 saturated heterocycles. The topological polar surface area (TPSA) is 93.3 Å². The highest BCUT2D eigenvalue weighted by Gasteiger charge is 2.52. The monoisotopic (exact) mass is 435 g/mol. The average molecular weight is 436 g/mol. The Bertz CT molecular complexity index is 692. The molecule has 1 spiro atoms. The summed E-state index contributed by atoms with van der Waals surface area (Å²) in [6.07, 6.45) is 4.25. The van der Waals surface area contributed by atoms with Crippen molar-refractivity contribution in [2.45, 2.75) is 58.4 Å². The van der Waals surface area contributed by atoms with Gasteiger partial charge in [-0.2, -0.15) is 0 Å². The van der Waals surface area contributed by atoms with Crippen molar-refractivity contribution >= 4 is 23.8 Å². The maximum Gasteiger partial charge on any atom is 0.325 e. The van der Waals surface area contributed by atoms with E-state index in [0.717, 1.165) is 24.2 Å². The van der Waals surface area contributed by atoms with Crippen LogP contribution in [0.4, 0.5) is 4.79 Å². The lowest BCUT2D eigenvalue weighted by Crippen LogP contribution is -2.54. The van der Waals surface area contributed by atoms with Gasteiger partial charge in [0.25, 0.3) is 5.91 Å². The molecule has 0 aromatic rings. The Morgan fingerprint density at radius 1 is 1.00 bits per heavy atom. The van der Waals surface area contributed by atoms with Crippen LogP contribution in [0.2, 0.25) is 0 Å². The largest absolute Gasteiger partial charge is 0.342 e. The third-order valence-electron chi connectivity index (χ3n) is 7.28. The van der Waals surface area contributed by atoms with Crippen LogP contribution < -0.4 is 5.32 Å². The summed E-state index contributed by atoms with van der Waals surface area (Å²) in [5.41, 5.74) is -0.813. The number of nitrogens with zero attached hydrogens (tertiary/aromatic N) is 4. The van der Waals surface area contributed by atoms with Crippen LogP contribution in [0, 0.1) is 5.92 Å². The van der Waals surface area contributed by atoms with Gasteiger partial charge in [0, 0.05) is 39.3 Å². The number of likely N-dealkylation sites (N-methyl/N-ethyl adjacent to an activating group) is 1. The molecule has 0 unspecified atom stereocenters. The molecule has 2 aliphatic heterocycles. The molecule has 174 valence electrons. The number of carbonyl (C=O) groups is 4. The normalized spacial score (nSPS) is 27.0. The molecule has 2 heterocycles. The minimum atomic E-state index is -0.813. The molecule has 31 heavy (non-hydrogen) atoms. The zero-order chi connectivity index (χ0) is 22.6. The average Bonchev–Trinajstić information content (AvgIpc) is 2.99. The number of hydrogen-bond acceptors (Lipinski definition) is 5. The van der Waals surface area contributed by atoms with Gasteiger partial charge in [-0.15, -0.1) is 0 Å². The molecule has 3 fully saturated rings. The van der Waals surface area contributed by atoms with E-state index in [0.29, 0.717) is 64.6 Å². The van der Waals surface area contributed by atoms with Crippen LogP contribution >= 0.6 is 0 Å². The highest BCUT2D eigenvalue weighted by atomic mass is 16.2. The Labute approximate surface area is 185 Å². The van der Waals surface area contributed by atoms with Crippen LogP contribution in [0.1, 0.15) is 52.9 Å². The second-order valence-corrected chi connectivity index (χ2v) is 8.98. The molecule has 0 bridgehead atoms. The van der Waals surface area contributed by atoms with E-state index in [9.17, 15) is 19.2 Å².